The Morgan fingerprint density at radius 1 is 1.57 bits per heavy atom. The zero-order chi connectivity index (χ0) is 9.97. The van der Waals surface area contributed by atoms with Crippen LogP contribution >= 0.6 is 0 Å². The van der Waals surface area contributed by atoms with Crippen molar-refractivity contribution in [2.75, 3.05) is 5.32 Å². The van der Waals surface area contributed by atoms with E-state index < -0.39 is 0 Å². The van der Waals surface area contributed by atoms with Crippen LogP contribution in [0.1, 0.15) is 11.4 Å². The van der Waals surface area contributed by atoms with Gasteiger partial charge in [0.05, 0.1) is 12.2 Å². The van der Waals surface area contributed by atoms with Crippen molar-refractivity contribution in [1.29, 1.82) is 0 Å². The van der Waals surface area contributed by atoms with E-state index in [0.29, 0.717) is 0 Å². The Bertz CT molecular complexity index is 414. The molecular weight excluding hydrogens is 178 g/mol. The maximum Gasteiger partial charge on any atom is 0.200 e. The molecule has 0 spiro atoms. The second-order valence-electron chi connectivity index (χ2n) is 3.21. The van der Waals surface area contributed by atoms with Crippen LogP contribution in [-0.2, 0) is 13.6 Å². The summed E-state index contributed by atoms with van der Waals surface area (Å²) in [7, 11) is 1.92. The monoisotopic (exact) mass is 191 g/mol. The summed E-state index contributed by atoms with van der Waals surface area (Å²) in [5, 5.41) is 7.26. The molecule has 0 saturated heterocycles. The van der Waals surface area contributed by atoms with Gasteiger partial charge in [-0.1, -0.05) is 0 Å². The van der Waals surface area contributed by atoms with Crippen LogP contribution in [0, 0.1) is 6.92 Å². The number of nitrogens with one attached hydrogen (secondary N) is 2. The van der Waals surface area contributed by atoms with Gasteiger partial charge in [-0.05, 0) is 13.0 Å². The minimum atomic E-state index is 0.726. The predicted molar refractivity (Wildman–Crippen MR) is 53.9 cm³/mol. The van der Waals surface area contributed by atoms with Crippen molar-refractivity contribution in [3.05, 3.63) is 29.8 Å². The zero-order valence-electron chi connectivity index (χ0n) is 8.28. The van der Waals surface area contributed by atoms with E-state index in [9.17, 15) is 0 Å². The van der Waals surface area contributed by atoms with Gasteiger partial charge in [-0.15, -0.1) is 0 Å². The Hall–Kier alpha value is -1.78. The van der Waals surface area contributed by atoms with Gasteiger partial charge in [0.15, 0.2) is 0 Å². The second-order valence-corrected chi connectivity index (χ2v) is 3.21. The van der Waals surface area contributed by atoms with Crippen LogP contribution in [0.4, 0.5) is 5.95 Å². The summed E-state index contributed by atoms with van der Waals surface area (Å²) in [5.41, 5.74) is 2.18. The van der Waals surface area contributed by atoms with Crippen LogP contribution < -0.4 is 5.32 Å². The average molecular weight is 191 g/mol. The fraction of sp³-hybridized carbons (Fsp3) is 0.333. The number of aromatic nitrogens is 4. The van der Waals surface area contributed by atoms with Crippen molar-refractivity contribution in [3.63, 3.8) is 0 Å². The Balaban J connectivity index is 1.98. The SMILES string of the molecule is Cc1cnc(NCc2ccnn2C)[nH]1. The lowest BCUT2D eigenvalue weighted by Crippen LogP contribution is -2.06. The standard InChI is InChI=1S/C9H13N5/c1-7-5-10-9(13-7)11-6-8-3-4-12-14(8)2/h3-5H,6H2,1-2H3,(H2,10,11,13). The maximum atomic E-state index is 4.15. The molecule has 14 heavy (non-hydrogen) atoms. The average Bonchev–Trinajstić information content (AvgIpc) is 2.72. The Morgan fingerprint density at radius 2 is 2.43 bits per heavy atom. The summed E-state index contributed by atoms with van der Waals surface area (Å²) in [6.45, 7) is 2.70. The molecule has 0 aliphatic heterocycles. The fourth-order valence-corrected chi connectivity index (χ4v) is 1.25. The van der Waals surface area contributed by atoms with Crippen molar-refractivity contribution >= 4 is 5.95 Å². The molecule has 2 aromatic heterocycles. The molecule has 0 saturated carbocycles. The number of imidazole rings is 1. The Morgan fingerprint density at radius 3 is 3.00 bits per heavy atom. The van der Waals surface area contributed by atoms with E-state index in [1.54, 1.807) is 12.4 Å². The van der Waals surface area contributed by atoms with E-state index in [4.69, 9.17) is 0 Å². The zero-order valence-corrected chi connectivity index (χ0v) is 8.28. The van der Waals surface area contributed by atoms with E-state index in [1.807, 2.05) is 24.7 Å². The molecule has 2 heterocycles. The highest BCUT2D eigenvalue weighted by molar-refractivity contribution is 5.26. The minimum Gasteiger partial charge on any atom is -0.350 e. The van der Waals surface area contributed by atoms with Gasteiger partial charge in [-0.2, -0.15) is 5.10 Å². The third-order valence-corrected chi connectivity index (χ3v) is 2.06. The molecule has 2 N–H and O–H groups in total. The van der Waals surface area contributed by atoms with Crippen LogP contribution in [0.3, 0.4) is 0 Å². The second kappa shape index (κ2) is 3.53. The number of anilines is 1. The molecule has 0 radical (unpaired) electrons. The van der Waals surface area contributed by atoms with Crippen LogP contribution in [0.5, 0.6) is 0 Å². The number of hydrogen-bond acceptors (Lipinski definition) is 3. The highest BCUT2D eigenvalue weighted by Gasteiger charge is 1.99. The molecule has 0 unspecified atom stereocenters. The van der Waals surface area contributed by atoms with Crippen molar-refractivity contribution in [2.45, 2.75) is 13.5 Å². The largest absolute Gasteiger partial charge is 0.350 e. The first-order chi connectivity index (χ1) is 6.75. The van der Waals surface area contributed by atoms with Gasteiger partial charge in [0, 0.05) is 25.1 Å². The molecule has 5 nitrogen and oxygen atoms in total. The molecule has 0 aliphatic rings. The summed E-state index contributed by atoms with van der Waals surface area (Å²) in [6.07, 6.45) is 3.58. The summed E-state index contributed by atoms with van der Waals surface area (Å²) in [6, 6.07) is 1.97. The summed E-state index contributed by atoms with van der Waals surface area (Å²) in [5.74, 6) is 0.795. The van der Waals surface area contributed by atoms with E-state index in [0.717, 1.165) is 23.9 Å². The number of rotatable bonds is 3. The molecule has 5 heteroatoms. The first kappa shape index (κ1) is 8.80. The predicted octanol–water partition coefficient (Wildman–Crippen LogP) is 1.06. The summed E-state index contributed by atoms with van der Waals surface area (Å²) in [4.78, 5) is 7.25. The van der Waals surface area contributed by atoms with E-state index in [2.05, 4.69) is 20.4 Å². The number of H-pyrrole nitrogens is 1. The molecule has 0 aliphatic carbocycles. The Kier molecular flexibility index (Phi) is 2.22. The number of aromatic amines is 1. The molecule has 0 amide bonds. The third-order valence-electron chi connectivity index (χ3n) is 2.06. The lowest BCUT2D eigenvalue weighted by Gasteiger charge is -2.02. The first-order valence-electron chi connectivity index (χ1n) is 4.48. The number of hydrogen-bond donors (Lipinski definition) is 2. The molecule has 0 aromatic carbocycles. The van der Waals surface area contributed by atoms with E-state index in [1.165, 1.54) is 0 Å². The quantitative estimate of drug-likeness (QED) is 0.762. The van der Waals surface area contributed by atoms with Gasteiger partial charge in [0.25, 0.3) is 0 Å². The van der Waals surface area contributed by atoms with Gasteiger partial charge in [0.1, 0.15) is 0 Å². The van der Waals surface area contributed by atoms with Crippen LogP contribution in [0.15, 0.2) is 18.5 Å². The lowest BCUT2D eigenvalue weighted by molar-refractivity contribution is 0.719. The maximum absolute atomic E-state index is 4.15. The fourth-order valence-electron chi connectivity index (χ4n) is 1.25. The van der Waals surface area contributed by atoms with Crippen molar-refractivity contribution < 1.29 is 0 Å². The van der Waals surface area contributed by atoms with Gasteiger partial charge in [-0.25, -0.2) is 4.98 Å². The van der Waals surface area contributed by atoms with Gasteiger partial charge in [-0.3, -0.25) is 4.68 Å². The topological polar surface area (TPSA) is 58.5 Å². The van der Waals surface area contributed by atoms with E-state index >= 15 is 0 Å². The molecule has 2 aromatic rings. The van der Waals surface area contributed by atoms with Gasteiger partial charge < -0.3 is 10.3 Å². The lowest BCUT2D eigenvalue weighted by atomic mass is 10.4. The molecule has 2 rings (SSSR count). The highest BCUT2D eigenvalue weighted by atomic mass is 15.3. The van der Waals surface area contributed by atoms with Crippen molar-refractivity contribution in [3.8, 4) is 0 Å². The van der Waals surface area contributed by atoms with Gasteiger partial charge >= 0.3 is 0 Å². The highest BCUT2D eigenvalue weighted by Crippen LogP contribution is 2.03. The molecular formula is C9H13N5. The minimum absolute atomic E-state index is 0.726. The summed E-state index contributed by atoms with van der Waals surface area (Å²) >= 11 is 0. The van der Waals surface area contributed by atoms with E-state index in [-0.39, 0.29) is 0 Å². The molecule has 0 bridgehead atoms. The number of nitrogens with zero attached hydrogens (tertiary/aromatic N) is 3. The molecule has 74 valence electrons. The number of aryl methyl sites for hydroxylation is 2. The van der Waals surface area contributed by atoms with Crippen LogP contribution in [0.25, 0.3) is 0 Å². The Labute approximate surface area is 82.2 Å². The van der Waals surface area contributed by atoms with Crippen LogP contribution in [-0.4, -0.2) is 19.7 Å². The van der Waals surface area contributed by atoms with Gasteiger partial charge in [0.2, 0.25) is 5.95 Å². The summed E-state index contributed by atoms with van der Waals surface area (Å²) < 4.78 is 1.84. The van der Waals surface area contributed by atoms with Crippen LogP contribution in [0.2, 0.25) is 0 Å². The molecule has 0 atom stereocenters. The smallest absolute Gasteiger partial charge is 0.200 e. The van der Waals surface area contributed by atoms with Crippen molar-refractivity contribution in [1.82, 2.24) is 19.7 Å². The third kappa shape index (κ3) is 1.76. The molecule has 0 fully saturated rings. The normalized spacial score (nSPS) is 10.4. The van der Waals surface area contributed by atoms with Crippen molar-refractivity contribution in [2.24, 2.45) is 7.05 Å². The first-order valence-corrected chi connectivity index (χ1v) is 4.48.